The van der Waals surface area contributed by atoms with E-state index in [-0.39, 0.29) is 29.5 Å². The van der Waals surface area contributed by atoms with Crippen LogP contribution in [0.2, 0.25) is 0 Å². The Morgan fingerprint density at radius 1 is 1.50 bits per heavy atom. The highest BCUT2D eigenvalue weighted by molar-refractivity contribution is 5.83. The molecule has 86 valence electrons. The molecule has 0 bridgehead atoms. The molecule has 0 spiro atoms. The maximum absolute atomic E-state index is 11.5. The summed E-state index contributed by atoms with van der Waals surface area (Å²) in [5.41, 5.74) is 0.848. The van der Waals surface area contributed by atoms with Gasteiger partial charge in [0.2, 0.25) is 0 Å². The normalized spacial score (nSPS) is 10.5. The summed E-state index contributed by atoms with van der Waals surface area (Å²) in [5, 5.41) is 10.7. The molecule has 5 nitrogen and oxygen atoms in total. The van der Waals surface area contributed by atoms with E-state index in [1.807, 2.05) is 0 Å². The van der Waals surface area contributed by atoms with Crippen molar-refractivity contribution in [1.29, 1.82) is 0 Å². The molecular formula is C11H14N2O3. The third-order valence-corrected chi connectivity index (χ3v) is 2.27. The van der Waals surface area contributed by atoms with Crippen molar-refractivity contribution in [2.75, 3.05) is 0 Å². The zero-order chi connectivity index (χ0) is 12.3. The van der Waals surface area contributed by atoms with Crippen LogP contribution in [0, 0.1) is 23.0 Å². The second-order valence-corrected chi connectivity index (χ2v) is 3.97. The van der Waals surface area contributed by atoms with Gasteiger partial charge in [0.05, 0.1) is 11.3 Å². The SMILES string of the molecule is Cc1ccc([N+](=O)[O-])c(CC(=O)C(C)C)n1. The number of hydrogen-bond donors (Lipinski definition) is 0. The molecule has 0 radical (unpaired) electrons. The zero-order valence-corrected chi connectivity index (χ0v) is 9.56. The van der Waals surface area contributed by atoms with Gasteiger partial charge in [0.1, 0.15) is 11.5 Å². The molecule has 0 atom stereocenters. The van der Waals surface area contributed by atoms with Crippen LogP contribution in [0.15, 0.2) is 12.1 Å². The second-order valence-electron chi connectivity index (χ2n) is 3.97. The van der Waals surface area contributed by atoms with Crippen LogP contribution < -0.4 is 0 Å². The largest absolute Gasteiger partial charge is 0.299 e. The van der Waals surface area contributed by atoms with E-state index >= 15 is 0 Å². The molecule has 0 aliphatic carbocycles. The van der Waals surface area contributed by atoms with Crippen LogP contribution in [0.4, 0.5) is 5.69 Å². The number of rotatable bonds is 4. The van der Waals surface area contributed by atoms with E-state index in [0.717, 1.165) is 0 Å². The summed E-state index contributed by atoms with van der Waals surface area (Å²) in [7, 11) is 0. The maximum Gasteiger partial charge on any atom is 0.291 e. The molecular weight excluding hydrogens is 208 g/mol. The smallest absolute Gasteiger partial charge is 0.291 e. The van der Waals surface area contributed by atoms with Crippen molar-refractivity contribution >= 4 is 11.5 Å². The summed E-state index contributed by atoms with van der Waals surface area (Å²) in [6, 6.07) is 2.97. The van der Waals surface area contributed by atoms with Gasteiger partial charge in [-0.1, -0.05) is 13.8 Å². The molecule has 0 amide bonds. The Labute approximate surface area is 93.7 Å². The molecule has 16 heavy (non-hydrogen) atoms. The highest BCUT2D eigenvalue weighted by atomic mass is 16.6. The minimum Gasteiger partial charge on any atom is -0.299 e. The van der Waals surface area contributed by atoms with Crippen LogP contribution in [0.25, 0.3) is 0 Å². The molecule has 0 N–H and O–H groups in total. The third kappa shape index (κ3) is 2.85. The Bertz CT molecular complexity index is 427. The Morgan fingerprint density at radius 3 is 2.62 bits per heavy atom. The van der Waals surface area contributed by atoms with E-state index in [1.54, 1.807) is 26.8 Å². The maximum atomic E-state index is 11.5. The number of Topliss-reactive ketones (excluding diaryl/α,β-unsaturated/α-hetero) is 1. The first-order chi connectivity index (χ1) is 7.41. The van der Waals surface area contributed by atoms with Gasteiger partial charge in [-0.3, -0.25) is 19.9 Å². The van der Waals surface area contributed by atoms with E-state index in [4.69, 9.17) is 0 Å². The van der Waals surface area contributed by atoms with Gasteiger partial charge in [-0.2, -0.15) is 0 Å². The van der Waals surface area contributed by atoms with Crippen molar-refractivity contribution in [3.8, 4) is 0 Å². The Morgan fingerprint density at radius 2 is 2.12 bits per heavy atom. The summed E-state index contributed by atoms with van der Waals surface area (Å²) in [6.07, 6.45) is 0.0235. The van der Waals surface area contributed by atoms with Crippen molar-refractivity contribution in [3.63, 3.8) is 0 Å². The van der Waals surface area contributed by atoms with E-state index in [9.17, 15) is 14.9 Å². The van der Waals surface area contributed by atoms with E-state index in [1.165, 1.54) is 6.07 Å². The van der Waals surface area contributed by atoms with Crippen molar-refractivity contribution in [1.82, 2.24) is 4.98 Å². The predicted molar refractivity (Wildman–Crippen MR) is 59.2 cm³/mol. The molecule has 0 aromatic carbocycles. The summed E-state index contributed by atoms with van der Waals surface area (Å²) in [5.74, 6) is -0.178. The molecule has 1 aromatic heterocycles. The third-order valence-electron chi connectivity index (χ3n) is 2.27. The number of carbonyl (C=O) groups excluding carboxylic acids is 1. The fourth-order valence-corrected chi connectivity index (χ4v) is 1.27. The van der Waals surface area contributed by atoms with Crippen LogP contribution in [0.1, 0.15) is 25.2 Å². The summed E-state index contributed by atoms with van der Waals surface area (Å²) in [4.78, 5) is 25.8. The highest BCUT2D eigenvalue weighted by Gasteiger charge is 2.19. The number of aryl methyl sites for hydroxylation is 1. The molecule has 1 rings (SSSR count). The average Bonchev–Trinajstić information content (AvgIpc) is 2.16. The van der Waals surface area contributed by atoms with Gasteiger partial charge in [0.25, 0.3) is 5.69 Å². The van der Waals surface area contributed by atoms with E-state index in [2.05, 4.69) is 4.98 Å². The highest BCUT2D eigenvalue weighted by Crippen LogP contribution is 2.18. The molecule has 5 heteroatoms. The number of nitrogens with zero attached hydrogens (tertiary/aromatic N) is 2. The monoisotopic (exact) mass is 222 g/mol. The van der Waals surface area contributed by atoms with Gasteiger partial charge in [0, 0.05) is 17.7 Å². The lowest BCUT2D eigenvalue weighted by molar-refractivity contribution is -0.385. The Kier molecular flexibility index (Phi) is 3.71. The minimum absolute atomic E-state index is 0.0235. The van der Waals surface area contributed by atoms with Gasteiger partial charge in [-0.05, 0) is 13.0 Å². The number of nitro groups is 1. The van der Waals surface area contributed by atoms with E-state index < -0.39 is 4.92 Å². The topological polar surface area (TPSA) is 73.1 Å². The van der Waals surface area contributed by atoms with Gasteiger partial charge < -0.3 is 0 Å². The first-order valence-electron chi connectivity index (χ1n) is 5.05. The van der Waals surface area contributed by atoms with Crippen molar-refractivity contribution in [3.05, 3.63) is 33.6 Å². The predicted octanol–water partition coefficient (Wildman–Crippen LogP) is 2.07. The molecule has 0 aliphatic heterocycles. The van der Waals surface area contributed by atoms with Crippen LogP contribution >= 0.6 is 0 Å². The molecule has 0 saturated heterocycles. The zero-order valence-electron chi connectivity index (χ0n) is 9.56. The second kappa shape index (κ2) is 4.83. The summed E-state index contributed by atoms with van der Waals surface area (Å²) in [6.45, 7) is 5.28. The molecule has 0 fully saturated rings. The van der Waals surface area contributed by atoms with Gasteiger partial charge in [-0.15, -0.1) is 0 Å². The molecule has 1 heterocycles. The lowest BCUT2D eigenvalue weighted by Gasteiger charge is -2.05. The lowest BCUT2D eigenvalue weighted by Crippen LogP contribution is -2.13. The first kappa shape index (κ1) is 12.3. The van der Waals surface area contributed by atoms with Crippen molar-refractivity contribution in [2.24, 2.45) is 5.92 Å². The van der Waals surface area contributed by atoms with Crippen molar-refractivity contribution in [2.45, 2.75) is 27.2 Å². The summed E-state index contributed by atoms with van der Waals surface area (Å²) < 4.78 is 0. The Balaban J connectivity index is 3.06. The quantitative estimate of drug-likeness (QED) is 0.577. The van der Waals surface area contributed by atoms with Gasteiger partial charge in [0.15, 0.2) is 0 Å². The number of aromatic nitrogens is 1. The van der Waals surface area contributed by atoms with Crippen LogP contribution in [0.5, 0.6) is 0 Å². The number of ketones is 1. The molecule has 0 unspecified atom stereocenters. The number of pyridine rings is 1. The van der Waals surface area contributed by atoms with Gasteiger partial charge >= 0.3 is 0 Å². The van der Waals surface area contributed by atoms with E-state index in [0.29, 0.717) is 5.69 Å². The van der Waals surface area contributed by atoms with Crippen LogP contribution in [-0.2, 0) is 11.2 Å². The standard InChI is InChI=1S/C11H14N2O3/c1-7(2)11(14)6-9-10(13(15)16)5-4-8(3)12-9/h4-5,7H,6H2,1-3H3. The van der Waals surface area contributed by atoms with Crippen LogP contribution in [0.3, 0.4) is 0 Å². The van der Waals surface area contributed by atoms with Crippen molar-refractivity contribution < 1.29 is 9.72 Å². The fraction of sp³-hybridized carbons (Fsp3) is 0.455. The van der Waals surface area contributed by atoms with Crippen LogP contribution in [-0.4, -0.2) is 15.7 Å². The molecule has 0 aliphatic rings. The summed E-state index contributed by atoms with van der Waals surface area (Å²) >= 11 is 0. The fourth-order valence-electron chi connectivity index (χ4n) is 1.27. The molecule has 0 saturated carbocycles. The number of carbonyl (C=O) groups is 1. The number of hydrogen-bond acceptors (Lipinski definition) is 4. The molecule has 1 aromatic rings. The Hall–Kier alpha value is -1.78. The minimum atomic E-state index is -0.505. The van der Waals surface area contributed by atoms with Gasteiger partial charge in [-0.25, -0.2) is 0 Å². The lowest BCUT2D eigenvalue weighted by atomic mass is 10.0. The average molecular weight is 222 g/mol. The first-order valence-corrected chi connectivity index (χ1v) is 5.05.